The van der Waals surface area contributed by atoms with Gasteiger partial charge in [0, 0.05) is 36.5 Å². The number of H-pyrrole nitrogens is 1. The predicted molar refractivity (Wildman–Crippen MR) is 91.8 cm³/mol. The monoisotopic (exact) mass is 328 g/mol. The summed E-state index contributed by atoms with van der Waals surface area (Å²) in [5.41, 5.74) is 1.95. The highest BCUT2D eigenvalue weighted by Crippen LogP contribution is 2.21. The van der Waals surface area contributed by atoms with Crippen molar-refractivity contribution in [2.45, 2.75) is 39.8 Å². The molecule has 0 unspecified atom stereocenters. The Morgan fingerprint density at radius 2 is 1.71 bits per heavy atom. The summed E-state index contributed by atoms with van der Waals surface area (Å²) in [5.74, 6) is 0. The maximum atomic E-state index is 12.7. The van der Waals surface area contributed by atoms with Gasteiger partial charge in [0.05, 0.1) is 5.52 Å². The summed E-state index contributed by atoms with van der Waals surface area (Å²) in [6.45, 7) is 4.87. The molecule has 3 heterocycles. The number of rotatable bonds is 5. The van der Waals surface area contributed by atoms with Crippen molar-refractivity contribution in [3.05, 3.63) is 56.6 Å². The van der Waals surface area contributed by atoms with E-state index in [2.05, 4.69) is 4.98 Å². The van der Waals surface area contributed by atoms with Gasteiger partial charge < -0.3 is 10.2 Å². The average molecular weight is 328 g/mol. The lowest BCUT2D eigenvalue weighted by atomic mass is 10.2. The van der Waals surface area contributed by atoms with Crippen LogP contribution in [0.3, 0.4) is 0 Å². The normalized spacial score (nSPS) is 11.2. The standard InChI is InChI=1S/C17H20N4O3/c1-3-7-20-14-11-13(12-5-9-19(24)10-6-12)18-15(14)16(22)21(8-4-2)17(20)23/h5-6,9-11,18H,3-4,7-8H2,1-2H3. The molecule has 0 aromatic carbocycles. The number of hydrogen-bond donors (Lipinski definition) is 1. The van der Waals surface area contributed by atoms with E-state index in [0.29, 0.717) is 41.0 Å². The predicted octanol–water partition coefficient (Wildman–Crippen LogP) is 1.61. The second kappa shape index (κ2) is 6.35. The minimum atomic E-state index is -0.301. The van der Waals surface area contributed by atoms with Crippen molar-refractivity contribution in [3.8, 4) is 11.3 Å². The van der Waals surface area contributed by atoms with E-state index < -0.39 is 0 Å². The van der Waals surface area contributed by atoms with E-state index in [-0.39, 0.29) is 11.2 Å². The van der Waals surface area contributed by atoms with Crippen LogP contribution in [-0.4, -0.2) is 14.1 Å². The lowest BCUT2D eigenvalue weighted by Crippen LogP contribution is -2.39. The Balaban J connectivity index is 2.29. The highest BCUT2D eigenvalue weighted by molar-refractivity contribution is 5.82. The van der Waals surface area contributed by atoms with Crippen LogP contribution in [0.15, 0.2) is 40.2 Å². The minimum Gasteiger partial charge on any atom is -0.619 e. The largest absolute Gasteiger partial charge is 0.619 e. The molecule has 7 heteroatoms. The summed E-state index contributed by atoms with van der Waals surface area (Å²) in [4.78, 5) is 28.4. The summed E-state index contributed by atoms with van der Waals surface area (Å²) in [5, 5.41) is 11.2. The zero-order valence-corrected chi connectivity index (χ0v) is 13.8. The molecule has 0 saturated carbocycles. The van der Waals surface area contributed by atoms with Crippen molar-refractivity contribution in [1.82, 2.24) is 14.1 Å². The lowest BCUT2D eigenvalue weighted by Gasteiger charge is -2.10. The van der Waals surface area contributed by atoms with Gasteiger partial charge in [-0.1, -0.05) is 13.8 Å². The van der Waals surface area contributed by atoms with Crippen molar-refractivity contribution in [3.63, 3.8) is 0 Å². The molecular weight excluding hydrogens is 308 g/mol. The minimum absolute atomic E-state index is 0.271. The molecule has 24 heavy (non-hydrogen) atoms. The van der Waals surface area contributed by atoms with E-state index in [1.807, 2.05) is 13.8 Å². The first kappa shape index (κ1) is 16.0. The number of pyridine rings is 1. The van der Waals surface area contributed by atoms with Crippen molar-refractivity contribution < 1.29 is 4.73 Å². The van der Waals surface area contributed by atoms with Gasteiger partial charge >= 0.3 is 5.69 Å². The molecule has 0 amide bonds. The van der Waals surface area contributed by atoms with Crippen LogP contribution >= 0.6 is 0 Å². The Morgan fingerprint density at radius 3 is 2.33 bits per heavy atom. The second-order valence-corrected chi connectivity index (χ2v) is 5.78. The molecule has 3 rings (SSSR count). The number of aryl methyl sites for hydroxylation is 1. The fraction of sp³-hybridized carbons (Fsp3) is 0.353. The fourth-order valence-corrected chi connectivity index (χ4v) is 2.90. The molecule has 0 aliphatic rings. The summed E-state index contributed by atoms with van der Waals surface area (Å²) < 4.78 is 3.63. The highest BCUT2D eigenvalue weighted by atomic mass is 16.5. The van der Waals surface area contributed by atoms with Crippen molar-refractivity contribution >= 4 is 11.0 Å². The molecule has 0 fully saturated rings. The van der Waals surface area contributed by atoms with Crippen LogP contribution in [0.5, 0.6) is 0 Å². The molecule has 7 nitrogen and oxygen atoms in total. The highest BCUT2D eigenvalue weighted by Gasteiger charge is 2.16. The Bertz CT molecular complexity index is 980. The first-order chi connectivity index (χ1) is 11.6. The van der Waals surface area contributed by atoms with Crippen LogP contribution in [0.4, 0.5) is 0 Å². The zero-order valence-electron chi connectivity index (χ0n) is 13.8. The molecule has 3 aromatic heterocycles. The Labute approximate surface area is 138 Å². The third kappa shape index (κ3) is 2.62. The first-order valence-electron chi connectivity index (χ1n) is 8.12. The zero-order chi connectivity index (χ0) is 17.3. The Kier molecular flexibility index (Phi) is 4.24. The number of aromatic nitrogens is 4. The van der Waals surface area contributed by atoms with Crippen molar-refractivity contribution in [1.29, 1.82) is 0 Å². The van der Waals surface area contributed by atoms with Crippen LogP contribution in [0, 0.1) is 5.21 Å². The molecule has 126 valence electrons. The number of nitrogens with one attached hydrogen (secondary N) is 1. The van der Waals surface area contributed by atoms with Crippen molar-refractivity contribution in [2.24, 2.45) is 0 Å². The molecule has 0 atom stereocenters. The van der Waals surface area contributed by atoms with Gasteiger partial charge in [0.25, 0.3) is 5.56 Å². The third-order valence-corrected chi connectivity index (χ3v) is 4.02. The molecular formula is C17H20N4O3. The maximum absolute atomic E-state index is 12.7. The molecule has 0 aliphatic carbocycles. The topological polar surface area (TPSA) is 86.7 Å². The molecule has 3 aromatic rings. The Morgan fingerprint density at radius 1 is 1.08 bits per heavy atom. The summed E-state index contributed by atoms with van der Waals surface area (Å²) in [6.07, 6.45) is 4.30. The van der Waals surface area contributed by atoms with Gasteiger partial charge in [-0.2, -0.15) is 4.73 Å². The van der Waals surface area contributed by atoms with Crippen molar-refractivity contribution in [2.75, 3.05) is 0 Å². The van der Waals surface area contributed by atoms with Gasteiger partial charge in [0.2, 0.25) is 0 Å². The number of nitrogens with zero attached hydrogens (tertiary/aromatic N) is 3. The van der Waals surface area contributed by atoms with Gasteiger partial charge in [-0.15, -0.1) is 0 Å². The molecule has 0 bridgehead atoms. The SMILES string of the molecule is CCCn1c(=O)c2[nH]c(-c3cc[n+]([O-])cc3)cc2n(CCC)c1=O. The van der Waals surface area contributed by atoms with E-state index in [1.165, 1.54) is 17.0 Å². The van der Waals surface area contributed by atoms with Gasteiger partial charge in [-0.05, 0) is 18.9 Å². The Hall–Kier alpha value is -2.83. The van der Waals surface area contributed by atoms with Crippen LogP contribution in [-0.2, 0) is 13.1 Å². The summed E-state index contributed by atoms with van der Waals surface area (Å²) >= 11 is 0. The lowest BCUT2D eigenvalue weighted by molar-refractivity contribution is -0.605. The molecule has 1 N–H and O–H groups in total. The van der Waals surface area contributed by atoms with E-state index in [0.717, 1.165) is 12.0 Å². The third-order valence-electron chi connectivity index (χ3n) is 4.02. The van der Waals surface area contributed by atoms with Crippen LogP contribution in [0.2, 0.25) is 0 Å². The van der Waals surface area contributed by atoms with E-state index in [9.17, 15) is 14.8 Å². The summed E-state index contributed by atoms with van der Waals surface area (Å²) in [6, 6.07) is 5.14. The summed E-state index contributed by atoms with van der Waals surface area (Å²) in [7, 11) is 0. The van der Waals surface area contributed by atoms with E-state index in [1.54, 1.807) is 22.8 Å². The molecule has 0 saturated heterocycles. The van der Waals surface area contributed by atoms with Gasteiger partial charge in [-0.3, -0.25) is 13.9 Å². The second-order valence-electron chi connectivity index (χ2n) is 5.78. The smallest absolute Gasteiger partial charge is 0.331 e. The fourth-order valence-electron chi connectivity index (χ4n) is 2.90. The quantitative estimate of drug-likeness (QED) is 0.570. The maximum Gasteiger partial charge on any atom is 0.331 e. The van der Waals surface area contributed by atoms with E-state index in [4.69, 9.17) is 0 Å². The van der Waals surface area contributed by atoms with E-state index >= 15 is 0 Å². The number of hydrogen-bond acceptors (Lipinski definition) is 3. The van der Waals surface area contributed by atoms with Crippen LogP contribution in [0.25, 0.3) is 22.3 Å². The van der Waals surface area contributed by atoms with Gasteiger partial charge in [-0.25, -0.2) is 4.79 Å². The first-order valence-corrected chi connectivity index (χ1v) is 8.12. The van der Waals surface area contributed by atoms with Gasteiger partial charge in [0.15, 0.2) is 12.4 Å². The molecule has 0 radical (unpaired) electrons. The van der Waals surface area contributed by atoms with Crippen LogP contribution in [0.1, 0.15) is 26.7 Å². The molecule has 0 aliphatic heterocycles. The number of aromatic amines is 1. The average Bonchev–Trinajstić information content (AvgIpc) is 3.01. The van der Waals surface area contributed by atoms with Crippen LogP contribution < -0.4 is 16.0 Å². The van der Waals surface area contributed by atoms with Gasteiger partial charge in [0.1, 0.15) is 5.52 Å². The molecule has 0 spiro atoms. The number of fused-ring (bicyclic) bond motifs is 1.